The summed E-state index contributed by atoms with van der Waals surface area (Å²) in [5, 5.41) is 0.460. The van der Waals surface area contributed by atoms with Crippen molar-refractivity contribution < 1.29 is 23.4 Å². The predicted molar refractivity (Wildman–Crippen MR) is 114 cm³/mol. The van der Waals surface area contributed by atoms with Crippen LogP contribution in [-0.4, -0.2) is 19.2 Å². The van der Waals surface area contributed by atoms with Crippen LogP contribution in [0.4, 0.5) is 0 Å². The fraction of sp³-hybridized carbons (Fsp3) is 0.333. The Labute approximate surface area is 174 Å². The van der Waals surface area contributed by atoms with E-state index < -0.39 is 5.97 Å². The van der Waals surface area contributed by atoms with Crippen molar-refractivity contribution in [3.8, 4) is 28.4 Å². The summed E-state index contributed by atoms with van der Waals surface area (Å²) in [6.45, 7) is 6.32. The normalized spacial score (nSPS) is 13.2. The van der Waals surface area contributed by atoms with Crippen molar-refractivity contribution in [2.24, 2.45) is 0 Å². The maximum Gasteiger partial charge on any atom is 0.308 e. The standard InChI is InChI=1S/C24H24O6/c1-4-6-16-11-18-21(13-20(16)30-15(3)25)29-14(2)23(24(18)26)17-7-8-19-22(12-17)28-10-5-9-27-19/h7-8,11-13H,4-6,9-10H2,1-3H3. The van der Waals surface area contributed by atoms with Gasteiger partial charge in [0.2, 0.25) is 5.43 Å². The highest BCUT2D eigenvalue weighted by Gasteiger charge is 2.19. The van der Waals surface area contributed by atoms with Crippen LogP contribution in [0.5, 0.6) is 17.2 Å². The van der Waals surface area contributed by atoms with E-state index in [0.29, 0.717) is 64.7 Å². The summed E-state index contributed by atoms with van der Waals surface area (Å²) in [5.41, 5.74) is 2.27. The molecular formula is C24H24O6. The van der Waals surface area contributed by atoms with Crippen LogP contribution in [0.25, 0.3) is 22.1 Å². The van der Waals surface area contributed by atoms with E-state index in [1.165, 1.54) is 6.92 Å². The van der Waals surface area contributed by atoms with Gasteiger partial charge in [0.1, 0.15) is 17.1 Å². The van der Waals surface area contributed by atoms with Gasteiger partial charge in [0.25, 0.3) is 0 Å². The number of hydrogen-bond donors (Lipinski definition) is 0. The van der Waals surface area contributed by atoms with Gasteiger partial charge in [-0.3, -0.25) is 9.59 Å². The van der Waals surface area contributed by atoms with Crippen molar-refractivity contribution in [1.82, 2.24) is 0 Å². The lowest BCUT2D eigenvalue weighted by Gasteiger charge is -2.13. The Hall–Kier alpha value is -3.28. The van der Waals surface area contributed by atoms with Crippen LogP contribution in [0.15, 0.2) is 39.5 Å². The van der Waals surface area contributed by atoms with Gasteiger partial charge >= 0.3 is 5.97 Å². The summed E-state index contributed by atoms with van der Waals surface area (Å²) in [5.74, 6) is 1.81. The quantitative estimate of drug-likeness (QED) is 0.456. The Kier molecular flexibility index (Phi) is 5.48. The van der Waals surface area contributed by atoms with Gasteiger partial charge < -0.3 is 18.6 Å². The zero-order valence-electron chi connectivity index (χ0n) is 17.4. The minimum atomic E-state index is -0.408. The molecule has 0 saturated carbocycles. The summed E-state index contributed by atoms with van der Waals surface area (Å²) < 4.78 is 22.8. The van der Waals surface area contributed by atoms with Crippen LogP contribution < -0.4 is 19.6 Å². The summed E-state index contributed by atoms with van der Waals surface area (Å²) in [7, 11) is 0. The molecule has 0 fully saturated rings. The summed E-state index contributed by atoms with van der Waals surface area (Å²) in [4.78, 5) is 24.9. The second kappa shape index (κ2) is 8.22. The smallest absolute Gasteiger partial charge is 0.308 e. The molecule has 2 aromatic carbocycles. The molecule has 2 heterocycles. The van der Waals surface area contributed by atoms with Crippen LogP contribution in [0.1, 0.15) is 38.0 Å². The molecule has 0 atom stereocenters. The summed E-state index contributed by atoms with van der Waals surface area (Å²) in [6.07, 6.45) is 2.35. The van der Waals surface area contributed by atoms with Crippen LogP contribution in [0.2, 0.25) is 0 Å². The third-order valence-corrected chi connectivity index (χ3v) is 5.06. The minimum absolute atomic E-state index is 0.130. The topological polar surface area (TPSA) is 75.0 Å². The lowest BCUT2D eigenvalue weighted by atomic mass is 10.00. The zero-order chi connectivity index (χ0) is 21.3. The number of benzene rings is 2. The number of carbonyl (C=O) groups excluding carboxylic acids is 1. The number of rotatable bonds is 4. The second-order valence-corrected chi connectivity index (χ2v) is 7.37. The Bertz CT molecular complexity index is 1170. The molecule has 6 nitrogen and oxygen atoms in total. The SMILES string of the molecule is CCCc1cc2c(=O)c(-c3ccc4c(c3)OCCCO4)c(C)oc2cc1OC(C)=O. The first-order valence-electron chi connectivity index (χ1n) is 10.2. The average molecular weight is 408 g/mol. The van der Waals surface area contributed by atoms with E-state index in [-0.39, 0.29) is 5.43 Å². The molecule has 0 amide bonds. The molecule has 0 spiro atoms. The van der Waals surface area contributed by atoms with Gasteiger partial charge in [0, 0.05) is 19.4 Å². The molecule has 156 valence electrons. The molecular weight excluding hydrogens is 384 g/mol. The number of esters is 1. The van der Waals surface area contributed by atoms with E-state index in [1.54, 1.807) is 19.1 Å². The van der Waals surface area contributed by atoms with Crippen LogP contribution >= 0.6 is 0 Å². The first-order valence-corrected chi connectivity index (χ1v) is 10.2. The third-order valence-electron chi connectivity index (χ3n) is 5.06. The molecule has 30 heavy (non-hydrogen) atoms. The van der Waals surface area contributed by atoms with Gasteiger partial charge in [-0.05, 0) is 42.7 Å². The van der Waals surface area contributed by atoms with Gasteiger partial charge in [0.15, 0.2) is 11.5 Å². The van der Waals surface area contributed by atoms with Crippen LogP contribution in [-0.2, 0) is 11.2 Å². The highest BCUT2D eigenvalue weighted by Crippen LogP contribution is 2.35. The lowest BCUT2D eigenvalue weighted by Crippen LogP contribution is -2.10. The van der Waals surface area contributed by atoms with Gasteiger partial charge in [-0.15, -0.1) is 0 Å². The molecule has 0 unspecified atom stereocenters. The van der Waals surface area contributed by atoms with Crippen molar-refractivity contribution in [3.05, 3.63) is 51.9 Å². The van der Waals surface area contributed by atoms with Gasteiger partial charge in [-0.2, -0.15) is 0 Å². The monoisotopic (exact) mass is 408 g/mol. The molecule has 4 rings (SSSR count). The molecule has 3 aromatic rings. The molecule has 0 bridgehead atoms. The molecule has 6 heteroatoms. The highest BCUT2D eigenvalue weighted by molar-refractivity contribution is 5.86. The van der Waals surface area contributed by atoms with Crippen molar-refractivity contribution in [2.75, 3.05) is 13.2 Å². The molecule has 0 saturated heterocycles. The number of ether oxygens (including phenoxy) is 3. The predicted octanol–water partition coefficient (Wildman–Crippen LogP) is 4.81. The van der Waals surface area contributed by atoms with E-state index in [2.05, 4.69) is 0 Å². The van der Waals surface area contributed by atoms with E-state index in [4.69, 9.17) is 18.6 Å². The van der Waals surface area contributed by atoms with Crippen molar-refractivity contribution in [1.29, 1.82) is 0 Å². The van der Waals surface area contributed by atoms with Crippen LogP contribution in [0.3, 0.4) is 0 Å². The average Bonchev–Trinajstić information content (AvgIpc) is 2.94. The molecule has 1 aromatic heterocycles. The largest absolute Gasteiger partial charge is 0.490 e. The number of fused-ring (bicyclic) bond motifs is 2. The second-order valence-electron chi connectivity index (χ2n) is 7.37. The van der Waals surface area contributed by atoms with Gasteiger partial charge in [-0.25, -0.2) is 0 Å². The Morgan fingerprint density at radius 1 is 1.10 bits per heavy atom. The van der Waals surface area contributed by atoms with E-state index in [9.17, 15) is 9.59 Å². The van der Waals surface area contributed by atoms with Crippen molar-refractivity contribution in [2.45, 2.75) is 40.0 Å². The maximum absolute atomic E-state index is 13.4. The van der Waals surface area contributed by atoms with E-state index in [1.807, 2.05) is 25.1 Å². The Morgan fingerprint density at radius 2 is 1.87 bits per heavy atom. The lowest BCUT2D eigenvalue weighted by molar-refractivity contribution is -0.131. The molecule has 1 aliphatic rings. The summed E-state index contributed by atoms with van der Waals surface area (Å²) in [6, 6.07) is 8.90. The molecule has 0 N–H and O–H groups in total. The first-order chi connectivity index (χ1) is 14.5. The minimum Gasteiger partial charge on any atom is -0.490 e. The third kappa shape index (κ3) is 3.77. The number of hydrogen-bond acceptors (Lipinski definition) is 6. The number of carbonyl (C=O) groups is 1. The molecule has 0 radical (unpaired) electrons. The van der Waals surface area contributed by atoms with E-state index in [0.717, 1.165) is 18.4 Å². The Balaban J connectivity index is 1.88. The van der Waals surface area contributed by atoms with Gasteiger partial charge in [0.05, 0.1) is 24.2 Å². The first kappa shape index (κ1) is 20.0. The van der Waals surface area contributed by atoms with Crippen LogP contribution in [0, 0.1) is 6.92 Å². The number of aryl methyl sites for hydroxylation is 2. The van der Waals surface area contributed by atoms with Crippen molar-refractivity contribution in [3.63, 3.8) is 0 Å². The molecule has 1 aliphatic heterocycles. The zero-order valence-corrected chi connectivity index (χ0v) is 17.4. The fourth-order valence-corrected chi connectivity index (χ4v) is 3.75. The fourth-order valence-electron chi connectivity index (χ4n) is 3.75. The van der Waals surface area contributed by atoms with Crippen molar-refractivity contribution >= 4 is 16.9 Å². The maximum atomic E-state index is 13.4. The highest BCUT2D eigenvalue weighted by atomic mass is 16.5. The Morgan fingerprint density at radius 3 is 2.60 bits per heavy atom. The van der Waals surface area contributed by atoms with E-state index >= 15 is 0 Å². The molecule has 0 aliphatic carbocycles. The summed E-state index contributed by atoms with van der Waals surface area (Å²) >= 11 is 0. The van der Waals surface area contributed by atoms with Gasteiger partial charge in [-0.1, -0.05) is 19.4 Å².